The Bertz CT molecular complexity index is 825. The summed E-state index contributed by atoms with van der Waals surface area (Å²) in [5, 5.41) is 0.949. The number of anilines is 1. The van der Waals surface area contributed by atoms with Crippen molar-refractivity contribution < 1.29 is 9.53 Å². The maximum absolute atomic E-state index is 13.0. The van der Waals surface area contributed by atoms with Gasteiger partial charge in [0.15, 0.2) is 0 Å². The molecule has 0 saturated carbocycles. The Kier molecular flexibility index (Phi) is 8.08. The van der Waals surface area contributed by atoms with Gasteiger partial charge in [0, 0.05) is 49.5 Å². The molecule has 6 nitrogen and oxygen atoms in total. The van der Waals surface area contributed by atoms with E-state index in [9.17, 15) is 4.79 Å². The van der Waals surface area contributed by atoms with Crippen molar-refractivity contribution in [2.45, 2.75) is 58.9 Å². The van der Waals surface area contributed by atoms with Gasteiger partial charge >= 0.3 is 0 Å². The number of methoxy groups -OCH3 is 1. The first-order chi connectivity index (χ1) is 14.5. The fraction of sp³-hybridized carbons (Fsp3) is 0.609. The first-order valence-electron chi connectivity index (χ1n) is 11.1. The van der Waals surface area contributed by atoms with Gasteiger partial charge in [-0.05, 0) is 37.5 Å². The van der Waals surface area contributed by atoms with E-state index in [0.717, 1.165) is 67.6 Å². The van der Waals surface area contributed by atoms with Crippen LogP contribution in [-0.4, -0.2) is 53.0 Å². The number of hydrogen-bond donors (Lipinski definition) is 0. The van der Waals surface area contributed by atoms with Gasteiger partial charge in [-0.25, -0.2) is 4.98 Å². The number of carbonyl (C=O) groups excluding carboxylic acids is 1. The smallest absolute Gasteiger partial charge is 0.226 e. The summed E-state index contributed by atoms with van der Waals surface area (Å²) in [4.78, 5) is 22.1. The molecule has 1 fully saturated rings. The summed E-state index contributed by atoms with van der Waals surface area (Å²) in [5.74, 6) is 2.17. The number of aromatic nitrogens is 2. The second-order valence-electron chi connectivity index (χ2n) is 8.10. The molecule has 1 aliphatic rings. The Morgan fingerprint density at radius 3 is 2.87 bits per heavy atom. The van der Waals surface area contributed by atoms with E-state index in [0.29, 0.717) is 12.3 Å². The molecule has 2 aromatic rings. The van der Waals surface area contributed by atoms with Gasteiger partial charge in [-0.2, -0.15) is 4.37 Å². The number of hydrogen-bond acceptors (Lipinski definition) is 6. The van der Waals surface area contributed by atoms with Gasteiger partial charge in [0.05, 0.1) is 7.11 Å². The van der Waals surface area contributed by atoms with E-state index in [4.69, 9.17) is 9.72 Å². The molecule has 1 saturated heterocycles. The second-order valence-corrected chi connectivity index (χ2v) is 8.83. The largest absolute Gasteiger partial charge is 0.497 e. The van der Waals surface area contributed by atoms with E-state index >= 15 is 0 Å². The molecule has 0 unspecified atom stereocenters. The fourth-order valence-electron chi connectivity index (χ4n) is 4.06. The minimum atomic E-state index is 0.162. The predicted octanol–water partition coefficient (Wildman–Crippen LogP) is 4.39. The molecule has 1 amide bonds. The Morgan fingerprint density at radius 1 is 1.33 bits per heavy atom. The van der Waals surface area contributed by atoms with Crippen LogP contribution < -0.4 is 9.64 Å². The predicted molar refractivity (Wildman–Crippen MR) is 122 cm³/mol. The van der Waals surface area contributed by atoms with Crippen LogP contribution in [-0.2, 0) is 11.2 Å². The fourth-order valence-corrected chi connectivity index (χ4v) is 4.78. The third-order valence-corrected chi connectivity index (χ3v) is 6.70. The van der Waals surface area contributed by atoms with Crippen LogP contribution in [0.4, 0.5) is 5.13 Å². The van der Waals surface area contributed by atoms with Crippen molar-refractivity contribution in [1.29, 1.82) is 0 Å². The molecule has 3 rings (SSSR count). The molecule has 7 heteroatoms. The first-order valence-corrected chi connectivity index (χ1v) is 11.8. The van der Waals surface area contributed by atoms with Gasteiger partial charge < -0.3 is 14.5 Å². The topological polar surface area (TPSA) is 58.6 Å². The maximum Gasteiger partial charge on any atom is 0.226 e. The minimum absolute atomic E-state index is 0.162. The molecule has 2 atom stereocenters. The summed E-state index contributed by atoms with van der Waals surface area (Å²) in [7, 11) is 1.68. The van der Waals surface area contributed by atoms with Crippen LogP contribution in [0.5, 0.6) is 5.75 Å². The van der Waals surface area contributed by atoms with Gasteiger partial charge in [-0.15, -0.1) is 0 Å². The highest BCUT2D eigenvalue weighted by atomic mass is 32.1. The van der Waals surface area contributed by atoms with Crippen LogP contribution >= 0.6 is 11.5 Å². The number of benzene rings is 1. The molecule has 0 spiro atoms. The summed E-state index contributed by atoms with van der Waals surface area (Å²) in [6.45, 7) is 8.84. The second kappa shape index (κ2) is 10.8. The molecule has 0 N–H and O–H groups in total. The van der Waals surface area contributed by atoms with Crippen molar-refractivity contribution in [2.24, 2.45) is 5.92 Å². The highest BCUT2D eigenvalue weighted by molar-refractivity contribution is 7.09. The van der Waals surface area contributed by atoms with Crippen molar-refractivity contribution in [3.05, 3.63) is 35.7 Å². The van der Waals surface area contributed by atoms with Crippen molar-refractivity contribution in [2.75, 3.05) is 31.6 Å². The summed E-state index contributed by atoms with van der Waals surface area (Å²) in [6.07, 6.45) is 4.89. The Labute approximate surface area is 184 Å². The van der Waals surface area contributed by atoms with E-state index in [1.165, 1.54) is 11.5 Å². The molecule has 1 aromatic carbocycles. The maximum atomic E-state index is 13.0. The van der Waals surface area contributed by atoms with Crippen LogP contribution in [0.3, 0.4) is 0 Å². The number of amides is 1. The lowest BCUT2D eigenvalue weighted by Gasteiger charge is -2.41. The first kappa shape index (κ1) is 22.5. The zero-order chi connectivity index (χ0) is 21.5. The van der Waals surface area contributed by atoms with Crippen molar-refractivity contribution in [3.8, 4) is 5.75 Å². The molecule has 0 bridgehead atoms. The molecule has 1 aliphatic heterocycles. The van der Waals surface area contributed by atoms with Gasteiger partial charge in [-0.1, -0.05) is 38.8 Å². The van der Waals surface area contributed by atoms with Crippen molar-refractivity contribution in [3.63, 3.8) is 0 Å². The lowest BCUT2D eigenvalue weighted by Crippen LogP contribution is -2.55. The molecule has 164 valence electrons. The molecule has 1 aromatic heterocycles. The Morgan fingerprint density at radius 2 is 2.17 bits per heavy atom. The van der Waals surface area contributed by atoms with E-state index < -0.39 is 0 Å². The number of rotatable bonds is 9. The van der Waals surface area contributed by atoms with Gasteiger partial charge in [-0.3, -0.25) is 4.79 Å². The highest BCUT2D eigenvalue weighted by Crippen LogP contribution is 2.25. The minimum Gasteiger partial charge on any atom is -0.497 e. The number of ether oxygens (including phenoxy) is 1. The SMILES string of the molecule is CCCC[C@H](CC)C(=O)N1CCN(c2nc(Cc3cccc(OC)c3)ns2)C[C@@H]1C. The average molecular weight is 431 g/mol. The zero-order valence-electron chi connectivity index (χ0n) is 18.6. The lowest BCUT2D eigenvalue weighted by atomic mass is 9.96. The number of carbonyl (C=O) groups is 1. The number of piperazine rings is 1. The normalized spacial score (nSPS) is 17.8. The molecule has 0 radical (unpaired) electrons. The van der Waals surface area contributed by atoms with Gasteiger partial charge in [0.25, 0.3) is 0 Å². The number of unbranched alkanes of at least 4 members (excludes halogenated alkanes) is 1. The number of nitrogens with zero attached hydrogens (tertiary/aromatic N) is 4. The van der Waals surface area contributed by atoms with E-state index in [2.05, 4.69) is 41.0 Å². The van der Waals surface area contributed by atoms with Gasteiger partial charge in [0.1, 0.15) is 11.6 Å². The molecule has 30 heavy (non-hydrogen) atoms. The van der Waals surface area contributed by atoms with E-state index in [1.807, 2.05) is 18.2 Å². The van der Waals surface area contributed by atoms with E-state index in [1.54, 1.807) is 7.11 Å². The third kappa shape index (κ3) is 5.50. The van der Waals surface area contributed by atoms with Crippen LogP contribution in [0.15, 0.2) is 24.3 Å². The zero-order valence-corrected chi connectivity index (χ0v) is 19.5. The monoisotopic (exact) mass is 430 g/mol. The lowest BCUT2D eigenvalue weighted by molar-refractivity contribution is -0.138. The molecular weight excluding hydrogens is 396 g/mol. The quantitative estimate of drug-likeness (QED) is 0.590. The van der Waals surface area contributed by atoms with Crippen LogP contribution in [0.2, 0.25) is 0 Å². The third-order valence-electron chi connectivity index (χ3n) is 5.88. The van der Waals surface area contributed by atoms with Crippen LogP contribution in [0.25, 0.3) is 0 Å². The van der Waals surface area contributed by atoms with Crippen molar-refractivity contribution >= 4 is 22.6 Å². The summed E-state index contributed by atoms with van der Waals surface area (Å²) in [5.41, 5.74) is 1.14. The Hall–Kier alpha value is -2.15. The summed E-state index contributed by atoms with van der Waals surface area (Å²) >= 11 is 1.45. The standard InChI is InChI=1S/C23H34N4O2S/c1-5-7-10-19(6-2)22(28)27-13-12-26(16-17(27)3)23-24-21(25-30-23)15-18-9-8-11-20(14-18)29-4/h8-9,11,14,17,19H,5-7,10,12-13,15-16H2,1-4H3/t17-,19-/m0/s1. The highest BCUT2D eigenvalue weighted by Gasteiger charge is 2.31. The van der Waals surface area contributed by atoms with E-state index in [-0.39, 0.29) is 12.0 Å². The van der Waals surface area contributed by atoms with Crippen molar-refractivity contribution in [1.82, 2.24) is 14.3 Å². The summed E-state index contributed by atoms with van der Waals surface area (Å²) < 4.78 is 9.87. The molecular formula is C23H34N4O2S. The summed E-state index contributed by atoms with van der Waals surface area (Å²) in [6, 6.07) is 8.21. The average Bonchev–Trinajstić information content (AvgIpc) is 3.22. The van der Waals surface area contributed by atoms with Crippen LogP contribution in [0.1, 0.15) is 57.8 Å². The molecule has 0 aliphatic carbocycles. The van der Waals surface area contributed by atoms with Crippen LogP contribution in [0, 0.1) is 5.92 Å². The Balaban J connectivity index is 1.59. The molecule has 2 heterocycles. The van der Waals surface area contributed by atoms with Gasteiger partial charge in [0.2, 0.25) is 11.0 Å².